The number of nitrogens with one attached hydrogen (secondary N) is 1. The van der Waals surface area contributed by atoms with Crippen LogP contribution in [0.25, 0.3) is 0 Å². The van der Waals surface area contributed by atoms with Crippen molar-refractivity contribution >= 4 is 23.2 Å². The zero-order valence-corrected chi connectivity index (χ0v) is 23.6. The van der Waals surface area contributed by atoms with Crippen LogP contribution in [-0.4, -0.2) is 57.5 Å². The molecule has 0 spiro atoms. The Hall–Kier alpha value is -2.27. The Morgan fingerprint density at radius 1 is 1.00 bits per heavy atom. The molecule has 1 aliphatic rings. The molecule has 0 saturated carbocycles. The van der Waals surface area contributed by atoms with Gasteiger partial charge in [0.25, 0.3) is 0 Å². The molecule has 0 aromatic heterocycles. The van der Waals surface area contributed by atoms with Crippen LogP contribution in [0.4, 0.5) is 20.2 Å². The van der Waals surface area contributed by atoms with Gasteiger partial charge in [0, 0.05) is 5.92 Å². The maximum absolute atomic E-state index is 15.0. The molecular weight excluding hydrogens is 577 g/mol. The fourth-order valence-electron chi connectivity index (χ4n) is 4.63. The van der Waals surface area contributed by atoms with Gasteiger partial charge < -0.3 is 0 Å². The summed E-state index contributed by atoms with van der Waals surface area (Å²) in [4.78, 5) is 31.8. The topological polar surface area (TPSA) is 55.9 Å². The molecule has 198 valence electrons. The van der Waals surface area contributed by atoms with Crippen molar-refractivity contribution in [2.75, 3.05) is 47.9 Å². The van der Waals surface area contributed by atoms with E-state index in [0.29, 0.717) is 45.6 Å². The number of carbonyl (C=O) groups is 2. The number of rotatable bonds is 10. The minimum absolute atomic E-state index is 0.0993. The van der Waals surface area contributed by atoms with Gasteiger partial charge in [0.2, 0.25) is 5.91 Å². The number of likely N-dealkylation sites (N-methyl/N-ethyl adjacent to an activating group) is 1. The van der Waals surface area contributed by atoms with Gasteiger partial charge in [-0.05, 0) is 12.8 Å². The standard InChI is InChI=1S/C27H36F2IN4O2/c1-5-19(6-2)26(35)31-23-17-22(29)24(18-21(23)28)32-13-15-33(16-14-32)25(20-11-9-8-10-12-20)27(36)34(7-3)30-4/h8-12,17-19,25H,5-7,13-16H2,1-4H3,(H,31,35)/q-1. The summed E-state index contributed by atoms with van der Waals surface area (Å²) in [5.74, 6) is -1.67. The van der Waals surface area contributed by atoms with Gasteiger partial charge in [-0.2, -0.15) is 0 Å². The minimum atomic E-state index is -0.657. The van der Waals surface area contributed by atoms with Crippen molar-refractivity contribution in [2.45, 2.75) is 39.7 Å². The van der Waals surface area contributed by atoms with Crippen LogP contribution in [0.15, 0.2) is 42.5 Å². The predicted molar refractivity (Wildman–Crippen MR) is 135 cm³/mol. The molecule has 36 heavy (non-hydrogen) atoms. The third-order valence-electron chi connectivity index (χ3n) is 6.74. The summed E-state index contributed by atoms with van der Waals surface area (Å²) in [6, 6.07) is 11.6. The second-order valence-electron chi connectivity index (χ2n) is 8.81. The first-order valence-electron chi connectivity index (χ1n) is 12.5. The number of benzene rings is 2. The van der Waals surface area contributed by atoms with Crippen LogP contribution < -0.4 is 31.7 Å². The van der Waals surface area contributed by atoms with Crippen molar-refractivity contribution < 1.29 is 39.8 Å². The molecule has 0 radical (unpaired) electrons. The second kappa shape index (κ2) is 13.3. The average Bonchev–Trinajstić information content (AvgIpc) is 2.89. The molecule has 1 fully saturated rings. The molecule has 9 heteroatoms. The molecule has 2 aromatic rings. The summed E-state index contributed by atoms with van der Waals surface area (Å²) in [5, 5.41) is 2.54. The van der Waals surface area contributed by atoms with Gasteiger partial charge in [-0.1, -0.05) is 13.8 Å². The van der Waals surface area contributed by atoms with Gasteiger partial charge in [0.1, 0.15) is 0 Å². The number of nitrogens with zero attached hydrogens (tertiary/aromatic N) is 3. The van der Waals surface area contributed by atoms with E-state index < -0.39 is 39.2 Å². The van der Waals surface area contributed by atoms with Gasteiger partial charge in [-0.15, -0.1) is 0 Å². The quantitative estimate of drug-likeness (QED) is 0.252. The predicted octanol–water partition coefficient (Wildman–Crippen LogP) is 1.69. The average molecular weight is 614 g/mol. The van der Waals surface area contributed by atoms with E-state index in [0.717, 1.165) is 17.7 Å². The normalized spacial score (nSPS) is 15.2. The van der Waals surface area contributed by atoms with Crippen LogP contribution in [0, 0.1) is 17.6 Å². The Balaban J connectivity index is 1.75. The van der Waals surface area contributed by atoms with Crippen LogP contribution in [0.3, 0.4) is 0 Å². The van der Waals surface area contributed by atoms with E-state index in [1.807, 2.05) is 54.2 Å². The number of amides is 2. The molecule has 1 heterocycles. The first-order chi connectivity index (χ1) is 17.3. The van der Waals surface area contributed by atoms with Gasteiger partial charge >= 0.3 is 181 Å². The zero-order chi connectivity index (χ0) is 26.2. The van der Waals surface area contributed by atoms with E-state index in [2.05, 4.69) is 15.1 Å². The Kier molecular flexibility index (Phi) is 10.5. The number of anilines is 2. The van der Waals surface area contributed by atoms with E-state index in [9.17, 15) is 14.0 Å². The van der Waals surface area contributed by atoms with E-state index in [4.69, 9.17) is 0 Å². The first-order valence-corrected chi connectivity index (χ1v) is 15.6. The van der Waals surface area contributed by atoms with Crippen LogP contribution in [0.5, 0.6) is 0 Å². The van der Waals surface area contributed by atoms with Crippen molar-refractivity contribution in [1.82, 2.24) is 8.01 Å². The summed E-state index contributed by atoms with van der Waals surface area (Å²) in [6.07, 6.45) is 1.27. The van der Waals surface area contributed by atoms with Crippen LogP contribution in [0.2, 0.25) is 0 Å². The molecular formula is C27H36F2IN4O2-. The van der Waals surface area contributed by atoms with Crippen LogP contribution in [-0.2, 0) is 9.59 Å². The molecule has 1 N–H and O–H groups in total. The summed E-state index contributed by atoms with van der Waals surface area (Å²) in [6.45, 7) is 8.46. The first kappa shape index (κ1) is 28.3. The molecule has 6 nitrogen and oxygen atoms in total. The van der Waals surface area contributed by atoms with Crippen molar-refractivity contribution in [2.24, 2.45) is 5.92 Å². The Morgan fingerprint density at radius 3 is 2.19 bits per heavy atom. The summed E-state index contributed by atoms with van der Waals surface area (Å²) >= 11 is -0.392. The number of piperazine rings is 1. The molecule has 2 amide bonds. The Morgan fingerprint density at radius 2 is 1.64 bits per heavy atom. The van der Waals surface area contributed by atoms with Crippen molar-refractivity contribution in [3.05, 3.63) is 59.7 Å². The second-order valence-corrected chi connectivity index (χ2v) is 10.9. The molecule has 1 saturated heterocycles. The fourth-order valence-corrected chi connectivity index (χ4v) is 6.05. The molecule has 2 aromatic carbocycles. The van der Waals surface area contributed by atoms with Gasteiger partial charge in [-0.3, -0.25) is 4.79 Å². The van der Waals surface area contributed by atoms with E-state index >= 15 is 4.39 Å². The van der Waals surface area contributed by atoms with E-state index in [-0.39, 0.29) is 29.1 Å². The monoisotopic (exact) mass is 613 g/mol. The Bertz CT molecular complexity index is 1020. The maximum atomic E-state index is 15.0. The SMILES string of the molecule is CCC(CC)C(=O)Nc1cc(F)c(N2CCN(C(C(=O)N(CC)[I-]C)c3ccccc3)CC2)cc1F. The van der Waals surface area contributed by atoms with Crippen LogP contribution in [0.1, 0.15) is 45.2 Å². The van der Waals surface area contributed by atoms with Gasteiger partial charge in [0.05, 0.1) is 0 Å². The third kappa shape index (κ3) is 6.53. The number of carbonyl (C=O) groups excluding carboxylic acids is 2. The number of alkyl halides is 1. The van der Waals surface area contributed by atoms with Crippen molar-refractivity contribution in [1.29, 1.82) is 0 Å². The molecule has 3 rings (SSSR count). The molecule has 1 aliphatic heterocycles. The Labute approximate surface area is 223 Å². The number of hydrogen-bond acceptors (Lipinski definition) is 4. The van der Waals surface area contributed by atoms with E-state index in [1.165, 1.54) is 0 Å². The van der Waals surface area contributed by atoms with Crippen molar-refractivity contribution in [3.63, 3.8) is 0 Å². The van der Waals surface area contributed by atoms with E-state index in [1.54, 1.807) is 4.90 Å². The number of hydrogen-bond donors (Lipinski definition) is 1. The van der Waals surface area contributed by atoms with Crippen molar-refractivity contribution in [3.8, 4) is 0 Å². The third-order valence-corrected chi connectivity index (χ3v) is 9.06. The zero-order valence-electron chi connectivity index (χ0n) is 21.4. The summed E-state index contributed by atoms with van der Waals surface area (Å²) in [7, 11) is 0. The molecule has 0 aliphatic carbocycles. The number of halogens is 3. The molecule has 1 atom stereocenters. The fraction of sp³-hybridized carbons (Fsp3) is 0.481. The molecule has 1 unspecified atom stereocenters. The van der Waals surface area contributed by atoms with Gasteiger partial charge in [0.15, 0.2) is 0 Å². The summed E-state index contributed by atoms with van der Waals surface area (Å²) in [5.41, 5.74) is 0.982. The van der Waals surface area contributed by atoms with Crippen LogP contribution >= 0.6 is 0 Å². The summed E-state index contributed by atoms with van der Waals surface area (Å²) < 4.78 is 31.8. The molecule has 0 bridgehead atoms. The van der Waals surface area contributed by atoms with Gasteiger partial charge in [-0.25, -0.2) is 0 Å².